The first-order chi connectivity index (χ1) is 14.4. The minimum atomic E-state index is -1.49. The van der Waals surface area contributed by atoms with Gasteiger partial charge >= 0.3 is 11.9 Å². The number of fused-ring (bicyclic) bond motifs is 1. The predicted molar refractivity (Wildman–Crippen MR) is 109 cm³/mol. The summed E-state index contributed by atoms with van der Waals surface area (Å²) in [6.45, 7) is 3.29. The van der Waals surface area contributed by atoms with Gasteiger partial charge in [0.15, 0.2) is 5.92 Å². The van der Waals surface area contributed by atoms with Gasteiger partial charge in [-0.25, -0.2) is 4.39 Å². The van der Waals surface area contributed by atoms with Gasteiger partial charge in [-0.05, 0) is 38.1 Å². The SMILES string of the molecule is CCOC(=O)C(C(=O)OCC)c1c(C(=O)c2cccc(F)c2)[nH]c2cc(Cl)ccc12. The maximum Gasteiger partial charge on any atom is 0.324 e. The van der Waals surface area contributed by atoms with E-state index in [0.717, 1.165) is 6.07 Å². The molecule has 0 amide bonds. The third-order valence-electron chi connectivity index (χ3n) is 4.45. The van der Waals surface area contributed by atoms with Crippen molar-refractivity contribution in [2.75, 3.05) is 13.2 Å². The molecule has 0 saturated carbocycles. The second-order valence-electron chi connectivity index (χ2n) is 6.38. The fourth-order valence-electron chi connectivity index (χ4n) is 3.23. The molecule has 8 heteroatoms. The lowest BCUT2D eigenvalue weighted by Crippen LogP contribution is -2.27. The Morgan fingerprint density at radius 1 is 1.03 bits per heavy atom. The Kier molecular flexibility index (Phi) is 6.52. The van der Waals surface area contributed by atoms with E-state index < -0.39 is 29.5 Å². The molecule has 1 N–H and O–H groups in total. The summed E-state index contributed by atoms with van der Waals surface area (Å²) in [5.74, 6) is -4.36. The molecule has 0 atom stereocenters. The van der Waals surface area contributed by atoms with Crippen molar-refractivity contribution in [1.29, 1.82) is 0 Å². The fourth-order valence-corrected chi connectivity index (χ4v) is 3.40. The fraction of sp³-hybridized carbons (Fsp3) is 0.227. The van der Waals surface area contributed by atoms with Crippen LogP contribution in [0.4, 0.5) is 4.39 Å². The summed E-state index contributed by atoms with van der Waals surface area (Å²) in [5.41, 5.74) is 0.563. The number of aromatic nitrogens is 1. The summed E-state index contributed by atoms with van der Waals surface area (Å²) in [5, 5.41) is 0.828. The third kappa shape index (κ3) is 4.21. The second-order valence-corrected chi connectivity index (χ2v) is 6.82. The van der Waals surface area contributed by atoms with Crippen molar-refractivity contribution >= 4 is 40.2 Å². The van der Waals surface area contributed by atoms with Gasteiger partial charge in [-0.3, -0.25) is 14.4 Å². The first kappa shape index (κ1) is 21.5. The molecule has 0 unspecified atom stereocenters. The monoisotopic (exact) mass is 431 g/mol. The zero-order valence-corrected chi connectivity index (χ0v) is 17.1. The van der Waals surface area contributed by atoms with E-state index >= 15 is 0 Å². The summed E-state index contributed by atoms with van der Waals surface area (Å²) in [6, 6.07) is 9.86. The minimum Gasteiger partial charge on any atom is -0.465 e. The molecule has 0 aliphatic heterocycles. The van der Waals surface area contributed by atoms with Gasteiger partial charge in [0.1, 0.15) is 5.82 Å². The molecule has 0 aliphatic carbocycles. The number of esters is 2. The van der Waals surface area contributed by atoms with Gasteiger partial charge in [-0.2, -0.15) is 0 Å². The number of aromatic amines is 1. The molecule has 0 radical (unpaired) electrons. The molecule has 156 valence electrons. The van der Waals surface area contributed by atoms with E-state index in [2.05, 4.69) is 4.98 Å². The number of nitrogens with one attached hydrogen (secondary N) is 1. The van der Waals surface area contributed by atoms with Crippen molar-refractivity contribution in [3.8, 4) is 0 Å². The topological polar surface area (TPSA) is 85.5 Å². The van der Waals surface area contributed by atoms with Crippen molar-refractivity contribution in [2.24, 2.45) is 0 Å². The average molecular weight is 432 g/mol. The Morgan fingerprint density at radius 2 is 1.70 bits per heavy atom. The molecule has 0 saturated heterocycles. The van der Waals surface area contributed by atoms with Gasteiger partial charge in [-0.1, -0.05) is 29.8 Å². The first-order valence-corrected chi connectivity index (χ1v) is 9.69. The van der Waals surface area contributed by atoms with Crippen molar-refractivity contribution in [3.63, 3.8) is 0 Å². The van der Waals surface area contributed by atoms with E-state index in [0.29, 0.717) is 15.9 Å². The number of carbonyl (C=O) groups is 3. The maximum atomic E-state index is 13.7. The standard InChI is InChI=1S/C22H19ClFNO5/c1-3-29-21(27)18(22(28)30-4-2)17-15-9-8-13(23)11-16(15)25-19(17)20(26)12-6-5-7-14(24)10-12/h5-11,18,25H,3-4H2,1-2H3. The van der Waals surface area contributed by atoms with Gasteiger partial charge < -0.3 is 14.5 Å². The van der Waals surface area contributed by atoms with E-state index in [-0.39, 0.29) is 30.0 Å². The Labute approximate surface area is 176 Å². The highest BCUT2D eigenvalue weighted by Crippen LogP contribution is 2.34. The van der Waals surface area contributed by atoms with E-state index in [1.807, 2.05) is 0 Å². The van der Waals surface area contributed by atoms with Crippen LogP contribution in [0.5, 0.6) is 0 Å². The largest absolute Gasteiger partial charge is 0.465 e. The molecule has 0 spiro atoms. The predicted octanol–water partition coefficient (Wildman–Crippen LogP) is 4.40. The smallest absolute Gasteiger partial charge is 0.324 e. The number of halogens is 2. The minimum absolute atomic E-state index is 0.0378. The normalized spacial score (nSPS) is 11.0. The summed E-state index contributed by atoms with van der Waals surface area (Å²) < 4.78 is 23.8. The Morgan fingerprint density at radius 3 is 2.30 bits per heavy atom. The van der Waals surface area contributed by atoms with Crippen LogP contribution in [0.3, 0.4) is 0 Å². The number of hydrogen-bond donors (Lipinski definition) is 1. The summed E-state index contributed by atoms with van der Waals surface area (Å²) >= 11 is 6.06. The van der Waals surface area contributed by atoms with Crippen LogP contribution in [-0.4, -0.2) is 35.9 Å². The van der Waals surface area contributed by atoms with Crippen LogP contribution in [0.2, 0.25) is 5.02 Å². The molecule has 2 aromatic carbocycles. The lowest BCUT2D eigenvalue weighted by Gasteiger charge is -2.16. The molecular formula is C22H19ClFNO5. The number of H-pyrrole nitrogens is 1. The molecule has 3 aromatic rings. The molecule has 0 aliphatic rings. The average Bonchev–Trinajstić information content (AvgIpc) is 3.06. The van der Waals surface area contributed by atoms with Crippen LogP contribution < -0.4 is 0 Å². The zero-order valence-electron chi connectivity index (χ0n) is 16.3. The summed E-state index contributed by atoms with van der Waals surface area (Å²) in [7, 11) is 0. The Hall–Kier alpha value is -3.19. The number of rotatable bonds is 7. The first-order valence-electron chi connectivity index (χ1n) is 9.32. The highest BCUT2D eigenvalue weighted by atomic mass is 35.5. The van der Waals surface area contributed by atoms with Crippen LogP contribution in [0.15, 0.2) is 42.5 Å². The van der Waals surface area contributed by atoms with Gasteiger partial charge in [0.05, 0.1) is 18.9 Å². The van der Waals surface area contributed by atoms with Crippen molar-refractivity contribution in [1.82, 2.24) is 4.98 Å². The molecule has 3 rings (SSSR count). The second kappa shape index (κ2) is 9.09. The molecular weight excluding hydrogens is 413 g/mol. The number of ether oxygens (including phenoxy) is 2. The van der Waals surface area contributed by atoms with Crippen molar-refractivity contribution in [3.05, 3.63) is 70.1 Å². The summed E-state index contributed by atoms with van der Waals surface area (Å²) in [4.78, 5) is 41.5. The van der Waals surface area contributed by atoms with Gasteiger partial charge in [0.25, 0.3) is 0 Å². The van der Waals surface area contributed by atoms with E-state index in [1.54, 1.807) is 32.0 Å². The summed E-state index contributed by atoms with van der Waals surface area (Å²) in [6.07, 6.45) is 0. The lowest BCUT2D eigenvalue weighted by atomic mass is 9.92. The van der Waals surface area contributed by atoms with Gasteiger partial charge in [0, 0.05) is 27.1 Å². The highest BCUT2D eigenvalue weighted by molar-refractivity contribution is 6.31. The van der Waals surface area contributed by atoms with Crippen LogP contribution in [-0.2, 0) is 19.1 Å². The number of benzene rings is 2. The third-order valence-corrected chi connectivity index (χ3v) is 4.68. The Bertz CT molecular complexity index is 1110. The van der Waals surface area contributed by atoms with Crippen LogP contribution in [0.25, 0.3) is 10.9 Å². The molecule has 1 aromatic heterocycles. The maximum absolute atomic E-state index is 13.7. The molecule has 30 heavy (non-hydrogen) atoms. The highest BCUT2D eigenvalue weighted by Gasteiger charge is 2.37. The van der Waals surface area contributed by atoms with E-state index in [1.165, 1.54) is 18.2 Å². The number of hydrogen-bond acceptors (Lipinski definition) is 5. The lowest BCUT2D eigenvalue weighted by molar-refractivity contribution is -0.156. The van der Waals surface area contributed by atoms with Crippen LogP contribution in [0, 0.1) is 5.82 Å². The van der Waals surface area contributed by atoms with E-state index in [4.69, 9.17) is 21.1 Å². The van der Waals surface area contributed by atoms with E-state index in [9.17, 15) is 18.8 Å². The number of carbonyl (C=O) groups excluding carboxylic acids is 3. The Balaban J connectivity index is 2.26. The van der Waals surface area contributed by atoms with Gasteiger partial charge in [0.2, 0.25) is 5.78 Å². The molecule has 0 fully saturated rings. The van der Waals surface area contributed by atoms with Crippen LogP contribution in [0.1, 0.15) is 41.4 Å². The molecule has 0 bridgehead atoms. The van der Waals surface area contributed by atoms with Crippen molar-refractivity contribution < 1.29 is 28.2 Å². The molecule has 1 heterocycles. The number of ketones is 1. The van der Waals surface area contributed by atoms with Crippen molar-refractivity contribution in [2.45, 2.75) is 19.8 Å². The quantitative estimate of drug-likeness (QED) is 0.340. The van der Waals surface area contributed by atoms with Gasteiger partial charge in [-0.15, -0.1) is 0 Å². The van der Waals surface area contributed by atoms with Crippen LogP contribution >= 0.6 is 11.6 Å². The zero-order chi connectivity index (χ0) is 21.8. The molecule has 6 nitrogen and oxygen atoms in total.